The summed E-state index contributed by atoms with van der Waals surface area (Å²) in [4.78, 5) is 35.6. The summed E-state index contributed by atoms with van der Waals surface area (Å²) < 4.78 is 16.6. The van der Waals surface area contributed by atoms with E-state index in [-0.39, 0.29) is 40.9 Å². The van der Waals surface area contributed by atoms with Crippen molar-refractivity contribution in [1.82, 2.24) is 0 Å². The smallest absolute Gasteiger partial charge is 0.305 e. The molecule has 0 saturated heterocycles. The molecule has 0 radical (unpaired) electrons. The van der Waals surface area contributed by atoms with E-state index in [1.54, 1.807) is 6.92 Å². The highest BCUT2D eigenvalue weighted by Gasteiger charge is 2.63. The van der Waals surface area contributed by atoms with Gasteiger partial charge in [0.2, 0.25) is 0 Å². The van der Waals surface area contributed by atoms with Crippen LogP contribution in [0.3, 0.4) is 0 Å². The Labute approximate surface area is 211 Å². The minimum atomic E-state index is -0.199. The number of carbonyl (C=O) groups is 3. The van der Waals surface area contributed by atoms with Gasteiger partial charge in [-0.25, -0.2) is 0 Å². The zero-order chi connectivity index (χ0) is 25.5. The lowest BCUT2D eigenvalue weighted by atomic mass is 9.43. The van der Waals surface area contributed by atoms with Gasteiger partial charge in [0.1, 0.15) is 12.2 Å². The van der Waals surface area contributed by atoms with Crippen LogP contribution in [0.15, 0.2) is 0 Å². The first-order valence-corrected chi connectivity index (χ1v) is 13.9. The summed E-state index contributed by atoms with van der Waals surface area (Å²) >= 11 is 0. The Bertz CT molecular complexity index is 824. The predicted molar refractivity (Wildman–Crippen MR) is 132 cm³/mol. The summed E-state index contributed by atoms with van der Waals surface area (Å²) in [6.45, 7) is 10.3. The molecule has 0 aromatic carbocycles. The van der Waals surface area contributed by atoms with Crippen LogP contribution < -0.4 is 0 Å². The van der Waals surface area contributed by atoms with Crippen molar-refractivity contribution in [2.24, 2.45) is 46.3 Å². The highest BCUT2D eigenvalue weighted by atomic mass is 16.5. The maximum absolute atomic E-state index is 12.2. The molecule has 35 heavy (non-hydrogen) atoms. The molecule has 4 fully saturated rings. The molecule has 0 heterocycles. The first kappa shape index (κ1) is 26.5. The Morgan fingerprint density at radius 1 is 0.886 bits per heavy atom. The molecule has 0 aliphatic heterocycles. The third kappa shape index (κ3) is 4.87. The first-order valence-electron chi connectivity index (χ1n) is 13.9. The lowest BCUT2D eigenvalue weighted by Crippen LogP contribution is -2.59. The lowest BCUT2D eigenvalue weighted by Gasteiger charge is -2.62. The fourth-order valence-corrected chi connectivity index (χ4v) is 9.46. The van der Waals surface area contributed by atoms with Crippen LogP contribution in [0.1, 0.15) is 98.8 Å². The molecule has 198 valence electrons. The number of hydrogen-bond acceptors (Lipinski definition) is 6. The second-order valence-electron chi connectivity index (χ2n) is 12.7. The van der Waals surface area contributed by atoms with Gasteiger partial charge >= 0.3 is 17.9 Å². The monoisotopic (exact) mass is 490 g/mol. The van der Waals surface area contributed by atoms with E-state index >= 15 is 0 Å². The topological polar surface area (TPSA) is 78.9 Å². The average Bonchev–Trinajstić information content (AvgIpc) is 3.14. The Kier molecular flexibility index (Phi) is 7.60. The van der Waals surface area contributed by atoms with E-state index in [0.29, 0.717) is 41.9 Å². The molecule has 6 nitrogen and oxygen atoms in total. The predicted octanol–water partition coefficient (Wildman–Crippen LogP) is 5.71. The molecule has 0 aromatic heterocycles. The third-order valence-electron chi connectivity index (χ3n) is 11.1. The Morgan fingerprint density at radius 2 is 1.54 bits per heavy atom. The van der Waals surface area contributed by atoms with Crippen molar-refractivity contribution in [3.8, 4) is 0 Å². The van der Waals surface area contributed by atoms with Gasteiger partial charge in [-0.15, -0.1) is 0 Å². The van der Waals surface area contributed by atoms with Gasteiger partial charge in [0.25, 0.3) is 0 Å². The van der Waals surface area contributed by atoms with Crippen molar-refractivity contribution in [2.75, 3.05) is 7.11 Å². The van der Waals surface area contributed by atoms with Crippen LogP contribution in [0.25, 0.3) is 0 Å². The van der Waals surface area contributed by atoms with Crippen LogP contribution in [-0.4, -0.2) is 37.2 Å². The molecule has 0 amide bonds. The van der Waals surface area contributed by atoms with Gasteiger partial charge in [0.15, 0.2) is 0 Å². The number of hydrogen-bond donors (Lipinski definition) is 0. The summed E-state index contributed by atoms with van der Waals surface area (Å²) in [5.74, 6) is 2.43. The van der Waals surface area contributed by atoms with Crippen LogP contribution in [0.4, 0.5) is 0 Å². The number of fused-ring (bicyclic) bond motifs is 5. The number of methoxy groups -OCH3 is 1. The molecule has 4 aliphatic carbocycles. The number of carbonyl (C=O) groups excluding carboxylic acids is 3. The van der Waals surface area contributed by atoms with Crippen molar-refractivity contribution >= 4 is 17.9 Å². The molecule has 4 saturated carbocycles. The van der Waals surface area contributed by atoms with Crippen molar-refractivity contribution in [3.05, 3.63) is 0 Å². The highest BCUT2D eigenvalue weighted by molar-refractivity contribution is 5.69. The van der Waals surface area contributed by atoms with Gasteiger partial charge in [-0.05, 0) is 98.2 Å². The zero-order valence-electron chi connectivity index (χ0n) is 22.6. The third-order valence-corrected chi connectivity index (χ3v) is 11.1. The Balaban J connectivity index is 1.57. The second-order valence-corrected chi connectivity index (χ2v) is 12.7. The number of rotatable bonds is 6. The minimum Gasteiger partial charge on any atom is -0.469 e. The molecule has 0 spiro atoms. The van der Waals surface area contributed by atoms with E-state index in [9.17, 15) is 14.4 Å². The van der Waals surface area contributed by atoms with Crippen LogP contribution in [-0.2, 0) is 28.6 Å². The first-order chi connectivity index (χ1) is 16.5. The molecule has 6 heteroatoms. The molecular formula is C29H46O6. The maximum atomic E-state index is 12.2. The quantitative estimate of drug-likeness (QED) is 0.351. The fraction of sp³-hybridized carbons (Fsp3) is 0.897. The fourth-order valence-electron chi connectivity index (χ4n) is 9.46. The molecule has 4 aliphatic rings. The summed E-state index contributed by atoms with van der Waals surface area (Å²) in [6.07, 6.45) is 9.80. The largest absolute Gasteiger partial charge is 0.469 e. The molecule has 4 rings (SSSR count). The van der Waals surface area contributed by atoms with Crippen LogP contribution in [0, 0.1) is 46.3 Å². The van der Waals surface area contributed by atoms with Crippen molar-refractivity contribution < 1.29 is 28.6 Å². The van der Waals surface area contributed by atoms with Crippen molar-refractivity contribution in [1.29, 1.82) is 0 Å². The minimum absolute atomic E-state index is 0.0134. The Hall–Kier alpha value is -1.59. The molecule has 0 aromatic rings. The van der Waals surface area contributed by atoms with Crippen molar-refractivity contribution in [2.45, 2.75) is 111 Å². The van der Waals surface area contributed by atoms with E-state index in [0.717, 1.165) is 32.1 Å². The number of ether oxygens (including phenoxy) is 3. The van der Waals surface area contributed by atoms with Gasteiger partial charge in [0.05, 0.1) is 7.11 Å². The summed E-state index contributed by atoms with van der Waals surface area (Å²) in [7, 11) is 1.47. The average molecular weight is 491 g/mol. The summed E-state index contributed by atoms with van der Waals surface area (Å²) in [6, 6.07) is 0. The molecule has 0 bridgehead atoms. The highest BCUT2D eigenvalue weighted by Crippen LogP contribution is 2.68. The lowest BCUT2D eigenvalue weighted by molar-refractivity contribution is -0.197. The van der Waals surface area contributed by atoms with Gasteiger partial charge in [-0.3, -0.25) is 14.4 Å². The van der Waals surface area contributed by atoms with Crippen LogP contribution in [0.2, 0.25) is 0 Å². The zero-order valence-corrected chi connectivity index (χ0v) is 22.6. The van der Waals surface area contributed by atoms with Gasteiger partial charge in [-0.1, -0.05) is 20.8 Å². The molecule has 0 N–H and O–H groups in total. The van der Waals surface area contributed by atoms with Crippen LogP contribution >= 0.6 is 0 Å². The second kappa shape index (κ2) is 10.0. The Morgan fingerprint density at radius 3 is 2.20 bits per heavy atom. The van der Waals surface area contributed by atoms with Gasteiger partial charge in [-0.2, -0.15) is 0 Å². The van der Waals surface area contributed by atoms with Gasteiger partial charge < -0.3 is 14.2 Å². The van der Waals surface area contributed by atoms with E-state index in [4.69, 9.17) is 14.2 Å². The molecule has 0 unspecified atom stereocenters. The van der Waals surface area contributed by atoms with Crippen molar-refractivity contribution in [3.63, 3.8) is 0 Å². The summed E-state index contributed by atoms with van der Waals surface area (Å²) in [5, 5.41) is 0. The van der Waals surface area contributed by atoms with E-state index in [1.165, 1.54) is 39.7 Å². The molecular weight excluding hydrogens is 444 g/mol. The standard InChI is InChI=1S/C29H46O6/c1-17(7-10-26(32)33-6)22-8-9-23-27-24(12-14-29(22,23)5)28(4)13-11-21(34-18(2)30)15-20(28)16-25(27)35-19(3)31/h17,20-25,27H,7-16H2,1-6H3/t17-,20-,21+,22+,23+,24+,25+,27-,28-,29+/m0/s1. The molecule has 10 atom stereocenters. The SMILES string of the molecule is COC(=O)CC[C@H](C)[C@H]1CC[C@@H]2[C@H]3[C@@H](CC[C@@]21C)[C@@]1(C)CC[C@@H](OC(C)=O)C[C@H]1C[C@H]3OC(C)=O. The van der Waals surface area contributed by atoms with E-state index in [1.807, 2.05) is 0 Å². The normalized spacial score (nSPS) is 43.2. The van der Waals surface area contributed by atoms with Crippen LogP contribution in [0.5, 0.6) is 0 Å². The van der Waals surface area contributed by atoms with Gasteiger partial charge in [0, 0.05) is 26.2 Å². The van der Waals surface area contributed by atoms with E-state index < -0.39 is 0 Å². The van der Waals surface area contributed by atoms with E-state index in [2.05, 4.69) is 20.8 Å². The summed E-state index contributed by atoms with van der Waals surface area (Å²) in [5.41, 5.74) is 0.418. The number of esters is 3. The maximum Gasteiger partial charge on any atom is 0.305 e.